The summed E-state index contributed by atoms with van der Waals surface area (Å²) in [7, 11) is 0. The lowest BCUT2D eigenvalue weighted by Gasteiger charge is -2.60. The Morgan fingerprint density at radius 2 is 1.97 bits per heavy atom. The number of rotatable bonds is 12. The summed E-state index contributed by atoms with van der Waals surface area (Å²) in [5.41, 5.74) is 1.91. The zero-order valence-electron chi connectivity index (χ0n) is 21.5. The highest BCUT2D eigenvalue weighted by molar-refractivity contribution is 7.98. The molecule has 4 saturated carbocycles. The van der Waals surface area contributed by atoms with E-state index in [-0.39, 0.29) is 12.0 Å². The van der Waals surface area contributed by atoms with E-state index in [0.717, 1.165) is 19.0 Å². The van der Waals surface area contributed by atoms with Gasteiger partial charge in [-0.2, -0.15) is 10.2 Å². The zero-order chi connectivity index (χ0) is 25.8. The van der Waals surface area contributed by atoms with Crippen molar-refractivity contribution >= 4 is 23.5 Å². The molecule has 4 aliphatic rings. The van der Waals surface area contributed by atoms with Gasteiger partial charge in [-0.15, -0.1) is 11.8 Å². The van der Waals surface area contributed by atoms with Gasteiger partial charge in [0.25, 0.3) is 0 Å². The molecule has 5 N–H and O–H groups in total. The summed E-state index contributed by atoms with van der Waals surface area (Å²) in [4.78, 5) is 10.3. The van der Waals surface area contributed by atoms with Gasteiger partial charge in [0.15, 0.2) is 0 Å². The minimum atomic E-state index is -0.637. The Balaban J connectivity index is 1.22. The van der Waals surface area contributed by atoms with Crippen molar-refractivity contribution < 1.29 is 10.2 Å². The first-order valence-corrected chi connectivity index (χ1v) is 14.6. The molecule has 198 valence electrons. The number of aliphatic hydroxyl groups is 2. The van der Waals surface area contributed by atoms with Gasteiger partial charge in [-0.25, -0.2) is 4.98 Å². The monoisotopic (exact) mass is 522 g/mol. The standard InChI is InChI=1S/C28H38N6O2S/c1-37-24-5-3-2-4-19(24)14-31-27-32-15-22(13-29)26(34-27)33-17-28-10-18-8-20(11-28)25(21(9-18)12-28)30-7-6-23(36)16-35/h2-5,15,18,20-21,23,25,30,35-36H,6-12,14,16-17H2,1H3,(H2,31,32,33,34)/t18?,20-,21+,23-,25-,28-/m0/s1. The third-order valence-electron chi connectivity index (χ3n) is 8.64. The molecule has 37 heavy (non-hydrogen) atoms. The topological polar surface area (TPSA) is 126 Å². The fourth-order valence-electron chi connectivity index (χ4n) is 7.23. The van der Waals surface area contributed by atoms with Crippen LogP contribution < -0.4 is 16.0 Å². The molecule has 4 bridgehead atoms. The van der Waals surface area contributed by atoms with Crippen molar-refractivity contribution in [2.45, 2.75) is 62.1 Å². The number of thioether (sulfide) groups is 1. The number of nitrogens with one attached hydrogen (secondary N) is 3. The summed E-state index contributed by atoms with van der Waals surface area (Å²) >= 11 is 1.72. The van der Waals surface area contributed by atoms with Gasteiger partial charge in [-0.05, 0) is 86.1 Å². The molecule has 1 unspecified atom stereocenters. The quantitative estimate of drug-likeness (QED) is 0.266. The van der Waals surface area contributed by atoms with Gasteiger partial charge in [-0.1, -0.05) is 18.2 Å². The second-order valence-electron chi connectivity index (χ2n) is 11.2. The van der Waals surface area contributed by atoms with Crippen molar-refractivity contribution in [2.24, 2.45) is 23.2 Å². The van der Waals surface area contributed by atoms with Gasteiger partial charge >= 0.3 is 0 Å². The lowest BCUT2D eigenvalue weighted by molar-refractivity contribution is -0.0699. The minimum absolute atomic E-state index is 0.174. The third-order valence-corrected chi connectivity index (χ3v) is 9.48. The first kappa shape index (κ1) is 26.2. The molecular weight excluding hydrogens is 484 g/mol. The lowest BCUT2D eigenvalue weighted by atomic mass is 9.48. The summed E-state index contributed by atoms with van der Waals surface area (Å²) in [6, 6.07) is 11.0. The largest absolute Gasteiger partial charge is 0.394 e. The van der Waals surface area contributed by atoms with E-state index < -0.39 is 6.10 Å². The SMILES string of the molecule is CSc1ccccc1CNc1ncc(C#N)c(NC[C@]23CC4C[C@H](C2)[C@@H](NCC[C@H](O)CO)[C@@H](C4)C3)n1. The van der Waals surface area contributed by atoms with Crippen LogP contribution in [-0.4, -0.2) is 58.3 Å². The molecule has 0 radical (unpaired) electrons. The molecule has 2 aromatic rings. The van der Waals surface area contributed by atoms with Crippen LogP contribution >= 0.6 is 11.8 Å². The van der Waals surface area contributed by atoms with Crippen molar-refractivity contribution in [1.82, 2.24) is 15.3 Å². The van der Waals surface area contributed by atoms with Gasteiger partial charge < -0.3 is 26.2 Å². The minimum Gasteiger partial charge on any atom is -0.394 e. The Morgan fingerprint density at radius 3 is 2.70 bits per heavy atom. The number of hydrogen-bond acceptors (Lipinski definition) is 9. The van der Waals surface area contributed by atoms with Crippen LogP contribution in [0, 0.1) is 34.5 Å². The maximum Gasteiger partial charge on any atom is 0.224 e. The fourth-order valence-corrected chi connectivity index (χ4v) is 7.85. The lowest BCUT2D eigenvalue weighted by Crippen LogP contribution is -2.59. The van der Waals surface area contributed by atoms with Gasteiger partial charge in [-0.3, -0.25) is 0 Å². The number of hydrogen-bond donors (Lipinski definition) is 5. The zero-order valence-corrected chi connectivity index (χ0v) is 22.3. The van der Waals surface area contributed by atoms with Crippen LogP contribution in [0.1, 0.15) is 49.7 Å². The van der Waals surface area contributed by atoms with Crippen LogP contribution in [0.4, 0.5) is 11.8 Å². The maximum absolute atomic E-state index is 9.70. The van der Waals surface area contributed by atoms with Gasteiger partial charge in [0.1, 0.15) is 17.5 Å². The predicted octanol–water partition coefficient (Wildman–Crippen LogP) is 3.62. The molecule has 9 heteroatoms. The predicted molar refractivity (Wildman–Crippen MR) is 146 cm³/mol. The Hall–Kier alpha value is -2.38. The highest BCUT2D eigenvalue weighted by Crippen LogP contribution is 2.60. The Bertz CT molecular complexity index is 1110. The van der Waals surface area contributed by atoms with Crippen LogP contribution in [0.5, 0.6) is 0 Å². The summed E-state index contributed by atoms with van der Waals surface area (Å²) < 4.78 is 0. The van der Waals surface area contributed by atoms with E-state index in [1.54, 1.807) is 18.0 Å². The van der Waals surface area contributed by atoms with E-state index in [4.69, 9.17) is 10.1 Å². The van der Waals surface area contributed by atoms with Crippen LogP contribution in [0.25, 0.3) is 0 Å². The second kappa shape index (κ2) is 11.6. The van der Waals surface area contributed by atoms with E-state index >= 15 is 0 Å². The normalized spacial score (nSPS) is 28.6. The van der Waals surface area contributed by atoms with E-state index in [1.807, 2.05) is 12.1 Å². The first-order chi connectivity index (χ1) is 18.0. The van der Waals surface area contributed by atoms with Gasteiger partial charge in [0.2, 0.25) is 5.95 Å². The molecule has 1 aromatic heterocycles. The molecule has 0 spiro atoms. The molecule has 6 atom stereocenters. The second-order valence-corrected chi connectivity index (χ2v) is 12.0. The number of anilines is 2. The third kappa shape index (κ3) is 5.88. The molecule has 4 aliphatic carbocycles. The first-order valence-electron chi connectivity index (χ1n) is 13.4. The molecule has 6 rings (SSSR count). The maximum atomic E-state index is 9.70. The average Bonchev–Trinajstić information content (AvgIpc) is 2.92. The van der Waals surface area contributed by atoms with Gasteiger partial charge in [0, 0.05) is 24.0 Å². The van der Waals surface area contributed by atoms with Crippen molar-refractivity contribution in [3.63, 3.8) is 0 Å². The number of nitrogens with zero attached hydrogens (tertiary/aromatic N) is 3. The van der Waals surface area contributed by atoms with Crippen LogP contribution in [0.2, 0.25) is 0 Å². The molecule has 0 amide bonds. The molecule has 1 aromatic carbocycles. The Kier molecular flexibility index (Phi) is 8.20. The summed E-state index contributed by atoms with van der Waals surface area (Å²) in [5, 5.41) is 39.1. The number of benzene rings is 1. The molecule has 4 fully saturated rings. The molecular formula is C28H38N6O2S. The Labute approximate surface area is 223 Å². The van der Waals surface area contributed by atoms with E-state index in [9.17, 15) is 10.4 Å². The molecule has 1 heterocycles. The Morgan fingerprint density at radius 1 is 1.19 bits per heavy atom. The summed E-state index contributed by atoms with van der Waals surface area (Å²) in [5.74, 6) is 3.21. The van der Waals surface area contributed by atoms with Crippen LogP contribution in [0.3, 0.4) is 0 Å². The smallest absolute Gasteiger partial charge is 0.224 e. The van der Waals surface area contributed by atoms with E-state index in [1.165, 1.54) is 42.6 Å². The summed E-state index contributed by atoms with van der Waals surface area (Å²) in [6.45, 7) is 2.03. The number of aromatic nitrogens is 2. The van der Waals surface area contributed by atoms with Crippen LogP contribution in [0.15, 0.2) is 35.4 Å². The molecule has 8 nitrogen and oxygen atoms in total. The van der Waals surface area contributed by atoms with Crippen molar-refractivity contribution in [2.75, 3.05) is 36.6 Å². The van der Waals surface area contributed by atoms with E-state index in [2.05, 4.69) is 45.4 Å². The number of nitriles is 1. The van der Waals surface area contributed by atoms with Gasteiger partial charge in [0.05, 0.1) is 18.9 Å². The number of aliphatic hydroxyl groups excluding tert-OH is 2. The average molecular weight is 523 g/mol. The highest BCUT2D eigenvalue weighted by Gasteiger charge is 2.55. The summed E-state index contributed by atoms with van der Waals surface area (Å²) in [6.07, 6.45) is 9.79. The highest BCUT2D eigenvalue weighted by atomic mass is 32.2. The van der Waals surface area contributed by atoms with E-state index in [0.29, 0.717) is 48.2 Å². The molecule has 0 aliphatic heterocycles. The fraction of sp³-hybridized carbons (Fsp3) is 0.607. The van der Waals surface area contributed by atoms with Crippen molar-refractivity contribution in [1.29, 1.82) is 5.26 Å². The molecule has 0 saturated heterocycles. The van der Waals surface area contributed by atoms with Crippen LogP contribution in [-0.2, 0) is 6.54 Å². The van der Waals surface area contributed by atoms with Crippen molar-refractivity contribution in [3.8, 4) is 6.07 Å². The van der Waals surface area contributed by atoms with Crippen molar-refractivity contribution in [3.05, 3.63) is 41.6 Å².